The van der Waals surface area contributed by atoms with Gasteiger partial charge in [0.1, 0.15) is 11.6 Å². The highest BCUT2D eigenvalue weighted by atomic mass is 32.2. The van der Waals surface area contributed by atoms with Gasteiger partial charge in [-0.2, -0.15) is 0 Å². The van der Waals surface area contributed by atoms with Crippen molar-refractivity contribution in [2.24, 2.45) is 0 Å². The number of thioether (sulfide) groups is 1. The third-order valence-corrected chi connectivity index (χ3v) is 5.54. The van der Waals surface area contributed by atoms with Crippen molar-refractivity contribution in [1.82, 2.24) is 0 Å². The molecule has 0 unspecified atom stereocenters. The molecule has 2 amide bonds. The van der Waals surface area contributed by atoms with E-state index in [1.54, 1.807) is 24.3 Å². The first-order chi connectivity index (χ1) is 14.1. The van der Waals surface area contributed by atoms with Gasteiger partial charge in [0.05, 0.1) is 23.3 Å². The summed E-state index contributed by atoms with van der Waals surface area (Å²) in [6, 6.07) is 21.8. The van der Waals surface area contributed by atoms with E-state index < -0.39 is 17.6 Å². The molecule has 0 bridgehead atoms. The van der Waals surface area contributed by atoms with Gasteiger partial charge in [0, 0.05) is 10.5 Å². The summed E-state index contributed by atoms with van der Waals surface area (Å²) in [7, 11) is 1.51. The van der Waals surface area contributed by atoms with Gasteiger partial charge in [0.25, 0.3) is 11.8 Å². The molecule has 3 aromatic carbocycles. The fourth-order valence-corrected chi connectivity index (χ4v) is 4.16. The lowest BCUT2D eigenvalue weighted by Gasteiger charge is -2.15. The second-order valence-electron chi connectivity index (χ2n) is 6.25. The minimum absolute atomic E-state index is 0.191. The maximum Gasteiger partial charge on any atom is 0.272 e. The summed E-state index contributed by atoms with van der Waals surface area (Å²) in [5.74, 6) is -1.04. The number of rotatable bonds is 5. The molecule has 0 spiro atoms. The Morgan fingerprint density at radius 2 is 1.59 bits per heavy atom. The van der Waals surface area contributed by atoms with Gasteiger partial charge in [-0.25, -0.2) is 9.29 Å². The number of hydrogen-bond donors (Lipinski definition) is 0. The Bertz CT molecular complexity index is 1130. The highest BCUT2D eigenvalue weighted by Crippen LogP contribution is 2.43. The molecule has 1 aliphatic heterocycles. The third-order valence-electron chi connectivity index (χ3n) is 4.45. The second kappa shape index (κ2) is 7.93. The summed E-state index contributed by atoms with van der Waals surface area (Å²) in [4.78, 5) is 28.7. The first-order valence-corrected chi connectivity index (χ1v) is 9.66. The van der Waals surface area contributed by atoms with E-state index in [2.05, 4.69) is 0 Å². The topological polar surface area (TPSA) is 46.6 Å². The van der Waals surface area contributed by atoms with Crippen LogP contribution in [0, 0.1) is 5.82 Å². The van der Waals surface area contributed by atoms with Crippen molar-refractivity contribution in [1.29, 1.82) is 0 Å². The summed E-state index contributed by atoms with van der Waals surface area (Å²) < 4.78 is 19.2. The van der Waals surface area contributed by atoms with E-state index in [0.29, 0.717) is 11.3 Å². The number of carbonyl (C=O) groups is 2. The quantitative estimate of drug-likeness (QED) is 0.566. The van der Waals surface area contributed by atoms with Crippen LogP contribution < -0.4 is 9.64 Å². The van der Waals surface area contributed by atoms with Gasteiger partial charge >= 0.3 is 0 Å². The molecule has 0 saturated heterocycles. The zero-order chi connectivity index (χ0) is 20.4. The number of halogens is 1. The molecule has 0 aliphatic carbocycles. The zero-order valence-electron chi connectivity index (χ0n) is 15.5. The van der Waals surface area contributed by atoms with E-state index in [-0.39, 0.29) is 16.2 Å². The van der Waals surface area contributed by atoms with Crippen molar-refractivity contribution >= 4 is 34.8 Å². The molecule has 0 atom stereocenters. The Hall–Kier alpha value is -3.38. The van der Waals surface area contributed by atoms with E-state index in [0.717, 1.165) is 9.80 Å². The molecule has 4 rings (SSSR count). The average molecular weight is 405 g/mol. The van der Waals surface area contributed by atoms with E-state index >= 15 is 0 Å². The Labute approximate surface area is 171 Å². The molecule has 0 N–H and O–H groups in total. The van der Waals surface area contributed by atoms with Crippen LogP contribution in [0.2, 0.25) is 0 Å². The molecule has 29 heavy (non-hydrogen) atoms. The lowest BCUT2D eigenvalue weighted by molar-refractivity contribution is -0.119. The Kier molecular flexibility index (Phi) is 5.18. The van der Waals surface area contributed by atoms with Gasteiger partial charge in [-0.1, -0.05) is 54.2 Å². The Morgan fingerprint density at radius 1 is 0.862 bits per heavy atom. The third kappa shape index (κ3) is 3.54. The summed E-state index contributed by atoms with van der Waals surface area (Å²) in [5.41, 5.74) is 0.951. The van der Waals surface area contributed by atoms with Gasteiger partial charge in [0.15, 0.2) is 0 Å². The number of hydrogen-bond acceptors (Lipinski definition) is 4. The summed E-state index contributed by atoms with van der Waals surface area (Å²) in [6.45, 7) is 0. The SMILES string of the molecule is COc1ccccc1C1=C(Sc2ccccc2)C(=O)N(c2cccc(F)c2)C1=O. The highest BCUT2D eigenvalue weighted by Gasteiger charge is 2.41. The van der Waals surface area contributed by atoms with E-state index in [9.17, 15) is 14.0 Å². The van der Waals surface area contributed by atoms with Crippen molar-refractivity contribution in [3.05, 3.63) is 95.1 Å². The summed E-state index contributed by atoms with van der Waals surface area (Å²) >= 11 is 1.21. The number of anilines is 1. The average Bonchev–Trinajstić information content (AvgIpc) is 2.98. The van der Waals surface area contributed by atoms with Gasteiger partial charge in [0.2, 0.25) is 0 Å². The minimum atomic E-state index is -0.522. The minimum Gasteiger partial charge on any atom is -0.496 e. The first-order valence-electron chi connectivity index (χ1n) is 8.85. The van der Waals surface area contributed by atoms with Crippen LogP contribution in [-0.4, -0.2) is 18.9 Å². The van der Waals surface area contributed by atoms with E-state index in [1.807, 2.05) is 30.3 Å². The van der Waals surface area contributed by atoms with Crippen molar-refractivity contribution < 1.29 is 18.7 Å². The molecule has 0 aromatic heterocycles. The molecule has 3 aromatic rings. The van der Waals surface area contributed by atoms with Crippen molar-refractivity contribution in [2.45, 2.75) is 4.90 Å². The number of benzene rings is 3. The molecule has 0 fully saturated rings. The summed E-state index contributed by atoms with van der Waals surface area (Å²) in [6.07, 6.45) is 0. The van der Waals surface area contributed by atoms with Crippen LogP contribution in [0.1, 0.15) is 5.56 Å². The van der Waals surface area contributed by atoms with Crippen LogP contribution in [0.25, 0.3) is 5.57 Å². The zero-order valence-corrected chi connectivity index (χ0v) is 16.3. The molecular weight excluding hydrogens is 389 g/mol. The molecule has 0 radical (unpaired) electrons. The first kappa shape index (κ1) is 19.0. The largest absolute Gasteiger partial charge is 0.496 e. The van der Waals surface area contributed by atoms with Gasteiger partial charge in [-0.15, -0.1) is 0 Å². The van der Waals surface area contributed by atoms with Crippen LogP contribution in [0.15, 0.2) is 88.7 Å². The molecule has 1 heterocycles. The monoisotopic (exact) mass is 405 g/mol. The van der Waals surface area contributed by atoms with Crippen molar-refractivity contribution in [3.8, 4) is 5.75 Å². The van der Waals surface area contributed by atoms with Crippen molar-refractivity contribution in [3.63, 3.8) is 0 Å². The molecular formula is C23H16FNO3S. The van der Waals surface area contributed by atoms with Crippen LogP contribution in [-0.2, 0) is 9.59 Å². The molecule has 4 nitrogen and oxygen atoms in total. The Morgan fingerprint density at radius 3 is 2.31 bits per heavy atom. The van der Waals surface area contributed by atoms with Gasteiger partial charge in [-0.3, -0.25) is 9.59 Å². The molecule has 1 aliphatic rings. The smallest absolute Gasteiger partial charge is 0.272 e. The highest BCUT2D eigenvalue weighted by molar-refractivity contribution is 8.04. The van der Waals surface area contributed by atoms with Gasteiger partial charge in [-0.05, 0) is 36.4 Å². The van der Waals surface area contributed by atoms with Crippen molar-refractivity contribution in [2.75, 3.05) is 12.0 Å². The fraction of sp³-hybridized carbons (Fsp3) is 0.0435. The van der Waals surface area contributed by atoms with E-state index in [1.165, 1.54) is 43.1 Å². The predicted molar refractivity (Wildman–Crippen MR) is 111 cm³/mol. The second-order valence-corrected chi connectivity index (χ2v) is 7.33. The lowest BCUT2D eigenvalue weighted by atomic mass is 10.0. The van der Waals surface area contributed by atoms with Crippen LogP contribution in [0.3, 0.4) is 0 Å². The maximum atomic E-state index is 13.8. The van der Waals surface area contributed by atoms with Crippen LogP contribution >= 0.6 is 11.8 Å². The predicted octanol–water partition coefficient (Wildman–Crippen LogP) is 4.91. The summed E-state index contributed by atoms with van der Waals surface area (Å²) in [5, 5.41) is 0. The number of imide groups is 1. The van der Waals surface area contributed by atoms with E-state index in [4.69, 9.17) is 4.74 Å². The fourth-order valence-electron chi connectivity index (χ4n) is 3.15. The number of ether oxygens (including phenoxy) is 1. The molecule has 144 valence electrons. The maximum absolute atomic E-state index is 13.8. The van der Waals surface area contributed by atoms with Crippen LogP contribution in [0.5, 0.6) is 5.75 Å². The number of nitrogens with zero attached hydrogens (tertiary/aromatic N) is 1. The standard InChI is InChI=1S/C23H16FNO3S/c1-28-19-13-6-5-12-18(19)20-21(29-17-10-3-2-4-11-17)23(27)25(22(20)26)16-9-7-8-15(24)14-16/h2-14H,1H3. The number of methoxy groups -OCH3 is 1. The van der Waals surface area contributed by atoms with Crippen LogP contribution in [0.4, 0.5) is 10.1 Å². The normalized spacial score (nSPS) is 13.9. The molecule has 0 saturated carbocycles. The number of amides is 2. The molecule has 6 heteroatoms. The number of para-hydroxylation sites is 1. The Balaban J connectivity index is 1.87. The van der Waals surface area contributed by atoms with Gasteiger partial charge < -0.3 is 4.74 Å². The lowest BCUT2D eigenvalue weighted by Crippen LogP contribution is -2.31. The number of carbonyl (C=O) groups excluding carboxylic acids is 2.